The molecule has 0 spiro atoms. The molecule has 15 heavy (non-hydrogen) atoms. The molecule has 0 aliphatic heterocycles. The Morgan fingerprint density at radius 3 is 2.60 bits per heavy atom. The highest BCUT2D eigenvalue weighted by Gasteiger charge is 2.35. The molecule has 0 aromatic carbocycles. The minimum absolute atomic E-state index is 0.121. The smallest absolute Gasteiger partial charge is 0.433 e. The van der Waals surface area contributed by atoms with Crippen LogP contribution in [0.15, 0.2) is 12.1 Å². The summed E-state index contributed by atoms with van der Waals surface area (Å²) in [5.74, 6) is -0.121. The van der Waals surface area contributed by atoms with Gasteiger partial charge in [-0.25, -0.2) is 4.98 Å². The van der Waals surface area contributed by atoms with Crippen molar-refractivity contribution in [2.75, 3.05) is 7.11 Å². The van der Waals surface area contributed by atoms with E-state index in [9.17, 15) is 13.2 Å². The van der Waals surface area contributed by atoms with Crippen molar-refractivity contribution < 1.29 is 17.9 Å². The van der Waals surface area contributed by atoms with Gasteiger partial charge in [0.2, 0.25) is 5.88 Å². The van der Waals surface area contributed by atoms with Crippen LogP contribution in [0.1, 0.15) is 11.3 Å². The second-order valence-corrected chi connectivity index (χ2v) is 2.69. The average molecular weight is 216 g/mol. The number of rotatable bonds is 2. The van der Waals surface area contributed by atoms with Crippen molar-refractivity contribution in [3.8, 4) is 11.9 Å². The van der Waals surface area contributed by atoms with E-state index in [2.05, 4.69) is 9.72 Å². The van der Waals surface area contributed by atoms with Crippen LogP contribution in [0.25, 0.3) is 0 Å². The second kappa shape index (κ2) is 4.17. The molecule has 0 radical (unpaired) electrons. The Labute approximate surface area is 84.1 Å². The molecular weight excluding hydrogens is 209 g/mol. The lowest BCUT2D eigenvalue weighted by molar-refractivity contribution is -0.142. The van der Waals surface area contributed by atoms with Crippen LogP contribution < -0.4 is 4.74 Å². The molecule has 6 heteroatoms. The van der Waals surface area contributed by atoms with Gasteiger partial charge in [0.15, 0.2) is 5.69 Å². The highest BCUT2D eigenvalue weighted by Crippen LogP contribution is 2.31. The van der Waals surface area contributed by atoms with Crippen molar-refractivity contribution in [2.45, 2.75) is 12.6 Å². The van der Waals surface area contributed by atoms with E-state index in [1.165, 1.54) is 19.2 Å². The molecule has 3 nitrogen and oxygen atoms in total. The molecule has 0 atom stereocenters. The molecule has 1 rings (SSSR count). The summed E-state index contributed by atoms with van der Waals surface area (Å²) in [5, 5.41) is 8.36. The van der Waals surface area contributed by atoms with Gasteiger partial charge in [-0.1, -0.05) is 6.07 Å². The van der Waals surface area contributed by atoms with Crippen LogP contribution in [0.3, 0.4) is 0 Å². The summed E-state index contributed by atoms with van der Waals surface area (Å²) in [4.78, 5) is 3.28. The quantitative estimate of drug-likeness (QED) is 0.761. The summed E-state index contributed by atoms with van der Waals surface area (Å²) < 4.78 is 42.0. The van der Waals surface area contributed by atoms with Gasteiger partial charge in [0.25, 0.3) is 0 Å². The number of alkyl halides is 3. The lowest BCUT2D eigenvalue weighted by Crippen LogP contribution is -2.12. The van der Waals surface area contributed by atoms with Crippen LogP contribution >= 0.6 is 0 Å². The molecule has 0 N–H and O–H groups in total. The van der Waals surface area contributed by atoms with E-state index >= 15 is 0 Å². The van der Waals surface area contributed by atoms with Gasteiger partial charge in [-0.3, -0.25) is 0 Å². The number of halogens is 3. The van der Waals surface area contributed by atoms with Crippen LogP contribution in [0.4, 0.5) is 13.2 Å². The van der Waals surface area contributed by atoms with Crippen LogP contribution in [-0.2, 0) is 12.6 Å². The van der Waals surface area contributed by atoms with Gasteiger partial charge in [0.1, 0.15) is 0 Å². The number of hydrogen-bond acceptors (Lipinski definition) is 3. The Morgan fingerprint density at radius 2 is 2.13 bits per heavy atom. The number of hydrogen-bond donors (Lipinski definition) is 0. The summed E-state index contributed by atoms with van der Waals surface area (Å²) in [6.07, 6.45) is -4.90. The van der Waals surface area contributed by atoms with Crippen molar-refractivity contribution in [1.82, 2.24) is 4.98 Å². The van der Waals surface area contributed by atoms with Crippen molar-refractivity contribution in [3.05, 3.63) is 23.4 Å². The van der Waals surface area contributed by atoms with Crippen molar-refractivity contribution in [3.63, 3.8) is 0 Å². The Hall–Kier alpha value is -1.77. The Balaban J connectivity index is 3.24. The van der Waals surface area contributed by atoms with Gasteiger partial charge in [-0.2, -0.15) is 18.4 Å². The maximum Gasteiger partial charge on any atom is 0.433 e. The number of aromatic nitrogens is 1. The van der Waals surface area contributed by atoms with Crippen LogP contribution in [0.2, 0.25) is 0 Å². The third-order valence-corrected chi connectivity index (χ3v) is 1.70. The summed E-state index contributed by atoms with van der Waals surface area (Å²) in [5.41, 5.74) is -1.21. The van der Waals surface area contributed by atoms with Gasteiger partial charge in [-0.05, 0) is 5.56 Å². The second-order valence-electron chi connectivity index (χ2n) is 2.69. The third kappa shape index (κ3) is 2.59. The van der Waals surface area contributed by atoms with Crippen molar-refractivity contribution >= 4 is 0 Å². The van der Waals surface area contributed by atoms with Crippen LogP contribution in [0, 0.1) is 11.3 Å². The molecule has 1 aromatic rings. The van der Waals surface area contributed by atoms with Gasteiger partial charge >= 0.3 is 6.18 Å². The molecule has 0 aliphatic carbocycles. The number of ether oxygens (including phenoxy) is 1. The highest BCUT2D eigenvalue weighted by molar-refractivity contribution is 5.29. The minimum atomic E-state index is -4.57. The molecule has 0 amide bonds. The highest BCUT2D eigenvalue weighted by atomic mass is 19.4. The first kappa shape index (κ1) is 11.3. The number of nitrogens with zero attached hydrogens (tertiary/aromatic N) is 2. The average Bonchev–Trinajstić information content (AvgIpc) is 2.17. The van der Waals surface area contributed by atoms with Gasteiger partial charge in [0.05, 0.1) is 19.6 Å². The maximum atomic E-state index is 12.5. The summed E-state index contributed by atoms with van der Waals surface area (Å²) in [7, 11) is 1.23. The van der Waals surface area contributed by atoms with Gasteiger partial charge in [-0.15, -0.1) is 0 Å². The standard InChI is InChI=1S/C9H7F3N2O/c1-15-7-3-2-6(4-5-13)8(14-7)9(10,11)12/h2-3H,4H2,1H3. The Bertz CT molecular complexity index is 395. The molecular formula is C9H7F3N2O. The first-order chi connectivity index (χ1) is 6.99. The zero-order valence-corrected chi connectivity index (χ0v) is 7.80. The lowest BCUT2D eigenvalue weighted by Gasteiger charge is -2.10. The fourth-order valence-electron chi connectivity index (χ4n) is 1.06. The molecule has 1 aromatic heterocycles. The lowest BCUT2D eigenvalue weighted by atomic mass is 10.1. The van der Waals surface area contributed by atoms with E-state index in [4.69, 9.17) is 5.26 Å². The fourth-order valence-corrected chi connectivity index (χ4v) is 1.06. The summed E-state index contributed by atoms with van der Waals surface area (Å²) >= 11 is 0. The normalized spacial score (nSPS) is 10.9. The van der Waals surface area contributed by atoms with E-state index in [-0.39, 0.29) is 17.9 Å². The maximum absolute atomic E-state index is 12.5. The first-order valence-electron chi connectivity index (χ1n) is 3.97. The molecule has 0 fully saturated rings. The fraction of sp³-hybridized carbons (Fsp3) is 0.333. The zero-order chi connectivity index (χ0) is 11.5. The SMILES string of the molecule is COc1ccc(CC#N)c(C(F)(F)F)n1. The van der Waals surface area contributed by atoms with Gasteiger partial charge < -0.3 is 4.74 Å². The third-order valence-electron chi connectivity index (χ3n) is 1.70. The van der Waals surface area contributed by atoms with Crippen molar-refractivity contribution in [1.29, 1.82) is 5.26 Å². The summed E-state index contributed by atoms with van der Waals surface area (Å²) in [6.45, 7) is 0. The monoisotopic (exact) mass is 216 g/mol. The van der Waals surface area contributed by atoms with E-state index in [0.717, 1.165) is 0 Å². The van der Waals surface area contributed by atoms with E-state index in [1.54, 1.807) is 6.07 Å². The molecule has 0 saturated carbocycles. The van der Waals surface area contributed by atoms with Crippen LogP contribution in [0.5, 0.6) is 5.88 Å². The first-order valence-corrected chi connectivity index (χ1v) is 3.97. The predicted octanol–water partition coefficient (Wildman–Crippen LogP) is 2.18. The largest absolute Gasteiger partial charge is 0.481 e. The number of pyridine rings is 1. The van der Waals surface area contributed by atoms with E-state index in [0.29, 0.717) is 0 Å². The molecule has 0 unspecified atom stereocenters. The summed E-state index contributed by atoms with van der Waals surface area (Å²) in [6, 6.07) is 4.14. The molecule has 0 aliphatic rings. The molecule has 0 bridgehead atoms. The predicted molar refractivity (Wildman–Crippen MR) is 45.1 cm³/mol. The van der Waals surface area contributed by atoms with Gasteiger partial charge in [0, 0.05) is 6.07 Å². The number of nitriles is 1. The van der Waals surface area contributed by atoms with Crippen LogP contribution in [-0.4, -0.2) is 12.1 Å². The van der Waals surface area contributed by atoms with Crippen molar-refractivity contribution in [2.24, 2.45) is 0 Å². The Morgan fingerprint density at radius 1 is 1.47 bits per heavy atom. The molecule has 80 valence electrons. The number of methoxy groups -OCH3 is 1. The van der Waals surface area contributed by atoms with E-state index in [1.807, 2.05) is 0 Å². The molecule has 1 heterocycles. The molecule has 0 saturated heterocycles. The minimum Gasteiger partial charge on any atom is -0.481 e. The Kier molecular flexibility index (Phi) is 3.14. The topological polar surface area (TPSA) is 45.9 Å². The zero-order valence-electron chi connectivity index (χ0n) is 7.80. The van der Waals surface area contributed by atoms with E-state index < -0.39 is 11.9 Å².